The maximum absolute atomic E-state index is 11.2. The molecule has 66 valence electrons. The number of hydrogen-bond acceptors (Lipinski definition) is 2. The molecule has 0 amide bonds. The van der Waals surface area contributed by atoms with Crippen molar-refractivity contribution < 1.29 is 9.53 Å². The monoisotopic (exact) mass is 166 g/mol. The van der Waals surface area contributed by atoms with Crippen molar-refractivity contribution in [2.24, 2.45) is 11.8 Å². The van der Waals surface area contributed by atoms with Gasteiger partial charge in [0.05, 0.1) is 5.92 Å². The zero-order valence-corrected chi connectivity index (χ0v) is 7.54. The molecule has 0 saturated carbocycles. The lowest BCUT2D eigenvalue weighted by Crippen LogP contribution is -2.21. The van der Waals surface area contributed by atoms with Crippen molar-refractivity contribution in [2.75, 3.05) is 0 Å². The first-order valence-corrected chi connectivity index (χ1v) is 4.56. The number of esters is 1. The first-order valence-electron chi connectivity index (χ1n) is 4.56. The van der Waals surface area contributed by atoms with Gasteiger partial charge >= 0.3 is 5.97 Å². The van der Waals surface area contributed by atoms with Crippen molar-refractivity contribution in [3.8, 4) is 0 Å². The molecule has 3 atom stereocenters. The first kappa shape index (κ1) is 7.84. The van der Waals surface area contributed by atoms with E-state index in [9.17, 15) is 4.79 Å². The van der Waals surface area contributed by atoms with Crippen LogP contribution >= 0.6 is 0 Å². The summed E-state index contributed by atoms with van der Waals surface area (Å²) in [5, 5.41) is 0. The molecule has 1 aliphatic heterocycles. The maximum atomic E-state index is 11.2. The minimum atomic E-state index is -0.0176. The molecule has 2 rings (SSSR count). The van der Waals surface area contributed by atoms with Crippen LogP contribution in [0, 0.1) is 11.8 Å². The largest absolute Gasteiger partial charge is 0.458 e. The van der Waals surface area contributed by atoms with Crippen LogP contribution in [0.25, 0.3) is 0 Å². The van der Waals surface area contributed by atoms with Crippen molar-refractivity contribution in [1.29, 1.82) is 0 Å². The summed E-state index contributed by atoms with van der Waals surface area (Å²) in [6.07, 6.45) is 4.43. The van der Waals surface area contributed by atoms with Crippen LogP contribution < -0.4 is 0 Å². The SMILES string of the molecule is CC1=CC2OC(=O)[C@H](C)C2CC1. The summed E-state index contributed by atoms with van der Waals surface area (Å²) >= 11 is 0. The van der Waals surface area contributed by atoms with Crippen LogP contribution in [0.1, 0.15) is 26.7 Å². The molecule has 1 aliphatic carbocycles. The fourth-order valence-corrected chi connectivity index (χ4v) is 2.12. The third-order valence-corrected chi connectivity index (χ3v) is 3.01. The summed E-state index contributed by atoms with van der Waals surface area (Å²) in [5.74, 6) is 0.538. The number of hydrogen-bond donors (Lipinski definition) is 0. The number of ether oxygens (including phenoxy) is 1. The van der Waals surface area contributed by atoms with Crippen molar-refractivity contribution in [3.63, 3.8) is 0 Å². The van der Waals surface area contributed by atoms with Crippen LogP contribution in [0.4, 0.5) is 0 Å². The summed E-state index contributed by atoms with van der Waals surface area (Å²) in [6.45, 7) is 4.08. The number of carbonyl (C=O) groups is 1. The van der Waals surface area contributed by atoms with E-state index in [1.807, 2.05) is 6.92 Å². The van der Waals surface area contributed by atoms with Gasteiger partial charge in [-0.2, -0.15) is 0 Å². The van der Waals surface area contributed by atoms with Gasteiger partial charge < -0.3 is 4.74 Å². The maximum Gasteiger partial charge on any atom is 0.309 e. The van der Waals surface area contributed by atoms with Gasteiger partial charge in [0, 0.05) is 5.92 Å². The highest BCUT2D eigenvalue weighted by Gasteiger charge is 2.41. The van der Waals surface area contributed by atoms with E-state index in [4.69, 9.17) is 4.74 Å². The molecule has 0 aromatic carbocycles. The highest BCUT2D eigenvalue weighted by molar-refractivity contribution is 5.75. The number of fused-ring (bicyclic) bond motifs is 1. The smallest absolute Gasteiger partial charge is 0.309 e. The van der Waals surface area contributed by atoms with Crippen LogP contribution in [0.15, 0.2) is 11.6 Å². The lowest BCUT2D eigenvalue weighted by atomic mass is 9.82. The Morgan fingerprint density at radius 2 is 2.33 bits per heavy atom. The fraction of sp³-hybridized carbons (Fsp3) is 0.700. The van der Waals surface area contributed by atoms with Gasteiger partial charge in [-0.1, -0.05) is 12.5 Å². The van der Waals surface area contributed by atoms with Crippen molar-refractivity contribution in [2.45, 2.75) is 32.8 Å². The molecular weight excluding hydrogens is 152 g/mol. The molecule has 2 heteroatoms. The quantitative estimate of drug-likeness (QED) is 0.406. The summed E-state index contributed by atoms with van der Waals surface area (Å²) in [5.41, 5.74) is 1.36. The average molecular weight is 166 g/mol. The molecule has 0 radical (unpaired) electrons. The third kappa shape index (κ3) is 1.06. The van der Waals surface area contributed by atoms with E-state index < -0.39 is 0 Å². The van der Waals surface area contributed by atoms with E-state index in [0.29, 0.717) is 5.92 Å². The Bertz CT molecular complexity index is 242. The molecule has 0 aromatic rings. The van der Waals surface area contributed by atoms with E-state index in [-0.39, 0.29) is 18.0 Å². The number of carbonyl (C=O) groups excluding carboxylic acids is 1. The lowest BCUT2D eigenvalue weighted by Gasteiger charge is -2.22. The Balaban J connectivity index is 2.22. The molecule has 12 heavy (non-hydrogen) atoms. The molecule has 1 saturated heterocycles. The zero-order valence-electron chi connectivity index (χ0n) is 7.54. The standard InChI is InChI=1S/C10H14O2/c1-6-3-4-8-7(2)10(11)12-9(8)5-6/h5,7-9H,3-4H2,1-2H3/t7-,8?,9?/m1/s1. The van der Waals surface area contributed by atoms with E-state index in [1.54, 1.807) is 0 Å². The van der Waals surface area contributed by atoms with Gasteiger partial charge in [0.25, 0.3) is 0 Å². The molecular formula is C10H14O2. The summed E-state index contributed by atoms with van der Waals surface area (Å²) in [6, 6.07) is 0. The Morgan fingerprint density at radius 3 is 3.08 bits per heavy atom. The van der Waals surface area contributed by atoms with Crippen molar-refractivity contribution >= 4 is 5.97 Å². The van der Waals surface area contributed by atoms with Gasteiger partial charge in [0.1, 0.15) is 6.10 Å². The molecule has 0 N–H and O–H groups in total. The highest BCUT2D eigenvalue weighted by Crippen LogP contribution is 2.37. The van der Waals surface area contributed by atoms with Crippen LogP contribution in [0.5, 0.6) is 0 Å². The highest BCUT2D eigenvalue weighted by atomic mass is 16.6. The molecule has 2 nitrogen and oxygen atoms in total. The molecule has 1 heterocycles. The van der Waals surface area contributed by atoms with Gasteiger partial charge in [-0.05, 0) is 25.8 Å². The van der Waals surface area contributed by atoms with Gasteiger partial charge in [-0.15, -0.1) is 0 Å². The Hall–Kier alpha value is -0.790. The molecule has 0 aromatic heterocycles. The van der Waals surface area contributed by atoms with E-state index >= 15 is 0 Å². The number of allylic oxidation sites excluding steroid dienone is 1. The van der Waals surface area contributed by atoms with Gasteiger partial charge in [-0.3, -0.25) is 4.79 Å². The summed E-state index contributed by atoms with van der Waals surface area (Å²) in [4.78, 5) is 11.2. The number of rotatable bonds is 0. The van der Waals surface area contributed by atoms with E-state index in [0.717, 1.165) is 12.8 Å². The van der Waals surface area contributed by atoms with Crippen LogP contribution in [0.2, 0.25) is 0 Å². The first-order chi connectivity index (χ1) is 5.68. The zero-order chi connectivity index (χ0) is 8.72. The van der Waals surface area contributed by atoms with Gasteiger partial charge in [-0.25, -0.2) is 0 Å². The third-order valence-electron chi connectivity index (χ3n) is 3.01. The van der Waals surface area contributed by atoms with Crippen LogP contribution in [-0.2, 0) is 9.53 Å². The summed E-state index contributed by atoms with van der Waals surface area (Å²) < 4.78 is 5.23. The normalized spacial score (nSPS) is 40.3. The lowest BCUT2D eigenvalue weighted by molar-refractivity contribution is -0.142. The predicted octanol–water partition coefficient (Wildman–Crippen LogP) is 1.90. The fourth-order valence-electron chi connectivity index (χ4n) is 2.12. The molecule has 0 bridgehead atoms. The minimum Gasteiger partial charge on any atom is -0.458 e. The predicted molar refractivity (Wildman–Crippen MR) is 45.5 cm³/mol. The minimum absolute atomic E-state index is 0.0176. The van der Waals surface area contributed by atoms with E-state index in [2.05, 4.69) is 13.0 Å². The van der Waals surface area contributed by atoms with E-state index in [1.165, 1.54) is 5.57 Å². The van der Waals surface area contributed by atoms with Crippen molar-refractivity contribution in [1.82, 2.24) is 0 Å². The molecule has 2 unspecified atom stereocenters. The van der Waals surface area contributed by atoms with Crippen LogP contribution in [-0.4, -0.2) is 12.1 Å². The second-order valence-corrected chi connectivity index (χ2v) is 3.91. The van der Waals surface area contributed by atoms with Crippen molar-refractivity contribution in [3.05, 3.63) is 11.6 Å². The Morgan fingerprint density at radius 1 is 1.58 bits per heavy atom. The average Bonchev–Trinajstić information content (AvgIpc) is 2.28. The second kappa shape index (κ2) is 2.61. The van der Waals surface area contributed by atoms with Crippen LogP contribution in [0.3, 0.4) is 0 Å². The molecule has 2 aliphatic rings. The van der Waals surface area contributed by atoms with Gasteiger partial charge in [0.15, 0.2) is 0 Å². The molecule has 0 spiro atoms. The van der Waals surface area contributed by atoms with Gasteiger partial charge in [0.2, 0.25) is 0 Å². The second-order valence-electron chi connectivity index (χ2n) is 3.91. The topological polar surface area (TPSA) is 26.3 Å². The Kier molecular flexibility index (Phi) is 1.71. The molecule has 1 fully saturated rings. The summed E-state index contributed by atoms with van der Waals surface area (Å²) in [7, 11) is 0. The Labute approximate surface area is 72.6 Å².